The normalized spacial score (nSPS) is 12.2. The number of hydrogen-bond acceptors (Lipinski definition) is 9. The molecule has 1 unspecified atom stereocenters. The van der Waals surface area contributed by atoms with Crippen LogP contribution in [0.3, 0.4) is 0 Å². The lowest BCUT2D eigenvalue weighted by Gasteiger charge is -2.32. The highest BCUT2D eigenvalue weighted by Crippen LogP contribution is 2.43. The number of carbonyl (C=O) groups excluding carboxylic acids is 3. The zero-order chi connectivity index (χ0) is 35.6. The predicted octanol–water partition coefficient (Wildman–Crippen LogP) is 7.51. The fraction of sp³-hybridized carbons (Fsp3) is 0.432. The number of carbonyl (C=O) groups is 3. The van der Waals surface area contributed by atoms with Gasteiger partial charge < -0.3 is 29.4 Å². The Morgan fingerprint density at radius 1 is 0.896 bits per heavy atom. The molecule has 0 aliphatic heterocycles. The Hall–Kier alpha value is -4.48. The van der Waals surface area contributed by atoms with Crippen LogP contribution in [0.4, 0.5) is 19.7 Å². The van der Waals surface area contributed by atoms with Gasteiger partial charge in [0, 0.05) is 17.2 Å². The van der Waals surface area contributed by atoms with Crippen molar-refractivity contribution in [3.8, 4) is 11.5 Å². The second-order valence-corrected chi connectivity index (χ2v) is 13.3. The van der Waals surface area contributed by atoms with Crippen LogP contribution in [-0.2, 0) is 22.5 Å². The first-order valence-corrected chi connectivity index (χ1v) is 16.0. The molecule has 1 atom stereocenters. The van der Waals surface area contributed by atoms with Crippen molar-refractivity contribution in [1.82, 2.24) is 5.32 Å². The SMILES string of the molecule is CCCNC(CO)Cc1c(F)c(C)c(C(=O)Oc2ccccc2)c(OCc2ccccc2)c1N(C(=O)OC(C)(C)C)C(=O)OC(C)(C)C. The highest BCUT2D eigenvalue weighted by atomic mass is 19.1. The van der Waals surface area contributed by atoms with Crippen molar-refractivity contribution in [2.24, 2.45) is 0 Å². The molecule has 11 heteroatoms. The number of para-hydroxylation sites is 1. The summed E-state index contributed by atoms with van der Waals surface area (Å²) < 4.78 is 40.1. The molecular formula is C37H47FN2O8. The molecule has 0 aliphatic carbocycles. The summed E-state index contributed by atoms with van der Waals surface area (Å²) in [6.45, 7) is 13.0. The van der Waals surface area contributed by atoms with E-state index in [4.69, 9.17) is 18.9 Å². The van der Waals surface area contributed by atoms with Gasteiger partial charge in [-0.1, -0.05) is 55.5 Å². The van der Waals surface area contributed by atoms with Crippen LogP contribution in [0.25, 0.3) is 0 Å². The van der Waals surface area contributed by atoms with Crippen molar-refractivity contribution in [2.45, 2.75) is 92.1 Å². The second-order valence-electron chi connectivity index (χ2n) is 13.3. The maximum atomic E-state index is 16.8. The van der Waals surface area contributed by atoms with E-state index >= 15 is 4.39 Å². The number of ether oxygens (including phenoxy) is 4. The summed E-state index contributed by atoms with van der Waals surface area (Å²) in [6.07, 6.45) is -1.84. The van der Waals surface area contributed by atoms with Gasteiger partial charge in [0.1, 0.15) is 40.6 Å². The number of rotatable bonds is 12. The highest BCUT2D eigenvalue weighted by molar-refractivity contribution is 6.13. The monoisotopic (exact) mass is 666 g/mol. The molecule has 10 nitrogen and oxygen atoms in total. The summed E-state index contributed by atoms with van der Waals surface area (Å²) >= 11 is 0. The molecule has 2 amide bonds. The zero-order valence-corrected chi connectivity index (χ0v) is 29.0. The fourth-order valence-electron chi connectivity index (χ4n) is 4.72. The minimum absolute atomic E-state index is 0.127. The molecule has 3 aromatic rings. The van der Waals surface area contributed by atoms with Gasteiger partial charge in [-0.15, -0.1) is 0 Å². The summed E-state index contributed by atoms with van der Waals surface area (Å²) in [5.41, 5.74) is -2.54. The van der Waals surface area contributed by atoms with E-state index in [2.05, 4.69) is 5.32 Å². The van der Waals surface area contributed by atoms with Crippen LogP contribution < -0.4 is 19.7 Å². The third kappa shape index (κ3) is 10.5. The van der Waals surface area contributed by atoms with E-state index in [1.807, 2.05) is 13.0 Å². The Kier molecular flexibility index (Phi) is 13.1. The molecule has 0 bridgehead atoms. The van der Waals surface area contributed by atoms with Crippen LogP contribution in [0, 0.1) is 12.7 Å². The number of anilines is 1. The average Bonchev–Trinajstić information content (AvgIpc) is 3.00. The summed E-state index contributed by atoms with van der Waals surface area (Å²) in [6, 6.07) is 16.5. The zero-order valence-electron chi connectivity index (χ0n) is 29.0. The molecule has 0 aliphatic rings. The lowest BCUT2D eigenvalue weighted by Crippen LogP contribution is -2.45. The van der Waals surface area contributed by atoms with E-state index in [0.717, 1.165) is 6.42 Å². The number of aliphatic hydroxyl groups is 1. The molecule has 2 N–H and O–H groups in total. The molecule has 0 saturated carbocycles. The van der Waals surface area contributed by atoms with Crippen molar-refractivity contribution in [2.75, 3.05) is 18.1 Å². The summed E-state index contributed by atoms with van der Waals surface area (Å²) in [7, 11) is 0. The minimum atomic E-state index is -1.18. The van der Waals surface area contributed by atoms with Crippen LogP contribution in [-0.4, -0.2) is 53.7 Å². The number of benzene rings is 3. The smallest absolute Gasteiger partial charge is 0.424 e. The molecule has 0 aromatic heterocycles. The molecule has 260 valence electrons. The molecule has 0 fully saturated rings. The van der Waals surface area contributed by atoms with Gasteiger partial charge in [0.15, 0.2) is 5.75 Å². The average molecular weight is 667 g/mol. The lowest BCUT2D eigenvalue weighted by atomic mass is 9.94. The van der Waals surface area contributed by atoms with Gasteiger partial charge in [-0.05, 0) is 85.5 Å². The van der Waals surface area contributed by atoms with Crippen molar-refractivity contribution in [3.63, 3.8) is 0 Å². The van der Waals surface area contributed by atoms with Gasteiger partial charge in [0.05, 0.1) is 6.61 Å². The van der Waals surface area contributed by atoms with Crippen molar-refractivity contribution in [3.05, 3.63) is 88.7 Å². The van der Waals surface area contributed by atoms with E-state index < -0.39 is 53.5 Å². The van der Waals surface area contributed by atoms with Gasteiger partial charge in [-0.3, -0.25) is 0 Å². The minimum Gasteiger partial charge on any atom is -0.486 e. The Bertz CT molecular complexity index is 1520. The summed E-state index contributed by atoms with van der Waals surface area (Å²) in [5, 5.41) is 13.4. The predicted molar refractivity (Wildman–Crippen MR) is 181 cm³/mol. The standard InChI is InChI=1S/C37H47FN2O8/c1-9-20-39-26(22-41)21-28-30(38)24(2)29(33(42)46-27-18-14-11-15-19-27)32(45-23-25-16-12-10-13-17-25)31(28)40(34(43)47-36(3,4)5)35(44)48-37(6,7)8/h10-19,26,39,41H,9,20-23H2,1-8H3. The number of hydrogen-bond donors (Lipinski definition) is 2. The fourth-order valence-corrected chi connectivity index (χ4v) is 4.72. The third-order valence-corrected chi connectivity index (χ3v) is 6.81. The van der Waals surface area contributed by atoms with E-state index in [9.17, 15) is 19.5 Å². The van der Waals surface area contributed by atoms with Gasteiger partial charge in [0.25, 0.3) is 0 Å². The van der Waals surface area contributed by atoms with Gasteiger partial charge >= 0.3 is 18.2 Å². The van der Waals surface area contributed by atoms with E-state index in [0.29, 0.717) is 17.0 Å². The van der Waals surface area contributed by atoms with Crippen LogP contribution >= 0.6 is 0 Å². The van der Waals surface area contributed by atoms with Gasteiger partial charge in [-0.2, -0.15) is 4.90 Å². The third-order valence-electron chi connectivity index (χ3n) is 6.81. The Morgan fingerprint density at radius 3 is 1.94 bits per heavy atom. The number of esters is 1. The van der Waals surface area contributed by atoms with Crippen molar-refractivity contribution in [1.29, 1.82) is 0 Å². The van der Waals surface area contributed by atoms with Crippen LogP contribution in [0.15, 0.2) is 60.7 Å². The first kappa shape index (κ1) is 38.0. The molecule has 3 rings (SSSR count). The number of amides is 2. The summed E-state index contributed by atoms with van der Waals surface area (Å²) in [4.78, 5) is 42.5. The summed E-state index contributed by atoms with van der Waals surface area (Å²) in [5.74, 6) is -1.99. The van der Waals surface area contributed by atoms with Gasteiger partial charge in [-0.25, -0.2) is 18.8 Å². The number of nitrogens with one attached hydrogen (secondary N) is 1. The Balaban J connectivity index is 2.44. The van der Waals surface area contributed by atoms with Crippen molar-refractivity contribution < 1.29 is 42.8 Å². The first-order valence-electron chi connectivity index (χ1n) is 16.0. The topological polar surface area (TPSA) is 124 Å². The van der Waals surface area contributed by atoms with E-state index in [-0.39, 0.29) is 41.2 Å². The van der Waals surface area contributed by atoms with Gasteiger partial charge in [0.2, 0.25) is 0 Å². The highest BCUT2D eigenvalue weighted by Gasteiger charge is 2.40. The van der Waals surface area contributed by atoms with E-state index in [1.165, 1.54) is 6.92 Å². The van der Waals surface area contributed by atoms with Crippen LogP contribution in [0.5, 0.6) is 11.5 Å². The quantitative estimate of drug-likeness (QED) is 0.149. The lowest BCUT2D eigenvalue weighted by molar-refractivity contribution is 0.0426. The molecule has 48 heavy (non-hydrogen) atoms. The maximum Gasteiger partial charge on any atom is 0.424 e. The first-order chi connectivity index (χ1) is 22.6. The Labute approximate surface area is 282 Å². The number of imide groups is 1. The van der Waals surface area contributed by atoms with Crippen LogP contribution in [0.1, 0.15) is 81.9 Å². The molecular weight excluding hydrogens is 619 g/mol. The number of aliphatic hydroxyl groups excluding tert-OH is 1. The largest absolute Gasteiger partial charge is 0.486 e. The number of nitrogens with zero attached hydrogens (tertiary/aromatic N) is 1. The second kappa shape index (κ2) is 16.6. The molecule has 3 aromatic carbocycles. The maximum absolute atomic E-state index is 16.8. The Morgan fingerprint density at radius 2 is 1.44 bits per heavy atom. The van der Waals surface area contributed by atoms with Crippen molar-refractivity contribution >= 4 is 23.8 Å². The molecule has 0 spiro atoms. The molecule has 0 saturated heterocycles. The molecule has 0 radical (unpaired) electrons. The molecule has 0 heterocycles. The van der Waals surface area contributed by atoms with E-state index in [1.54, 1.807) is 96.1 Å². The number of halogens is 1. The van der Waals surface area contributed by atoms with Crippen LogP contribution in [0.2, 0.25) is 0 Å².